The maximum atomic E-state index is 10.7. The van der Waals surface area contributed by atoms with Gasteiger partial charge in [0.2, 0.25) is 0 Å². The fourth-order valence-corrected chi connectivity index (χ4v) is 0.852. The molecule has 1 aliphatic carbocycles. The molecular formula is C7H10O. The Morgan fingerprint density at radius 2 is 2.50 bits per heavy atom. The Bertz CT molecular complexity index is 124. The third-order valence-corrected chi connectivity index (χ3v) is 1.53. The average Bonchev–Trinajstić information content (AvgIpc) is 1.77. The lowest BCUT2D eigenvalue weighted by atomic mass is 9.95. The number of hydrogen-bond donors (Lipinski definition) is 0. The van der Waals surface area contributed by atoms with Crippen LogP contribution in [0.2, 0.25) is 0 Å². The quantitative estimate of drug-likeness (QED) is 0.462. The van der Waals surface area contributed by atoms with Gasteiger partial charge in [-0.05, 0) is 18.9 Å². The first-order valence-corrected chi connectivity index (χ1v) is 3.01. The minimum absolute atomic E-state index is 0.278. The first-order chi connectivity index (χ1) is 3.80. The van der Waals surface area contributed by atoms with E-state index < -0.39 is 0 Å². The molecule has 0 aromatic rings. The maximum Gasteiger partial charge on any atom is 0.158 e. The van der Waals surface area contributed by atoms with Crippen LogP contribution >= 0.6 is 0 Å². The minimum Gasteiger partial charge on any atom is -0.295 e. The summed E-state index contributed by atoms with van der Waals surface area (Å²) in [5, 5.41) is 0. The van der Waals surface area contributed by atoms with Gasteiger partial charge in [0.25, 0.3) is 0 Å². The highest BCUT2D eigenvalue weighted by molar-refractivity contribution is 5.92. The van der Waals surface area contributed by atoms with Gasteiger partial charge in [0.15, 0.2) is 5.78 Å². The Morgan fingerprint density at radius 3 is 2.88 bits per heavy atom. The average molecular weight is 110 g/mol. The largest absolute Gasteiger partial charge is 0.295 e. The van der Waals surface area contributed by atoms with Crippen LogP contribution in [-0.2, 0) is 4.79 Å². The Kier molecular flexibility index (Phi) is 1.47. The topological polar surface area (TPSA) is 17.1 Å². The highest BCUT2D eigenvalue weighted by Crippen LogP contribution is 2.12. The van der Waals surface area contributed by atoms with E-state index in [2.05, 4.69) is 0 Å². The van der Waals surface area contributed by atoms with Gasteiger partial charge in [0.1, 0.15) is 0 Å². The Labute approximate surface area is 49.4 Å². The number of allylic oxidation sites excluding steroid dienone is 2. The van der Waals surface area contributed by atoms with Crippen molar-refractivity contribution in [2.24, 2.45) is 5.92 Å². The summed E-state index contributed by atoms with van der Waals surface area (Å²) in [6, 6.07) is 0. The molecule has 1 heteroatoms. The summed E-state index contributed by atoms with van der Waals surface area (Å²) in [6.07, 6.45) is 5.75. The number of carbonyl (C=O) groups is 1. The van der Waals surface area contributed by atoms with E-state index in [1.54, 1.807) is 6.08 Å². The number of rotatable bonds is 0. The van der Waals surface area contributed by atoms with E-state index in [-0.39, 0.29) is 11.7 Å². The summed E-state index contributed by atoms with van der Waals surface area (Å²) in [4.78, 5) is 10.7. The molecule has 0 bridgehead atoms. The molecule has 0 saturated heterocycles. The lowest BCUT2D eigenvalue weighted by Crippen LogP contribution is -2.10. The monoisotopic (exact) mass is 110 g/mol. The molecule has 1 rings (SSSR count). The first kappa shape index (κ1) is 5.54. The van der Waals surface area contributed by atoms with Crippen molar-refractivity contribution in [3.63, 3.8) is 0 Å². The number of ketones is 1. The Morgan fingerprint density at radius 1 is 1.75 bits per heavy atom. The van der Waals surface area contributed by atoms with Gasteiger partial charge in [-0.25, -0.2) is 0 Å². The van der Waals surface area contributed by atoms with E-state index >= 15 is 0 Å². The molecule has 0 radical (unpaired) electrons. The highest BCUT2D eigenvalue weighted by Gasteiger charge is 2.11. The number of hydrogen-bond acceptors (Lipinski definition) is 1. The molecule has 0 N–H and O–H groups in total. The van der Waals surface area contributed by atoms with Crippen LogP contribution in [0.25, 0.3) is 0 Å². The molecular weight excluding hydrogens is 100 g/mol. The molecule has 1 nitrogen and oxygen atoms in total. The normalized spacial score (nSPS) is 28.6. The molecule has 0 unspecified atom stereocenters. The predicted molar refractivity (Wildman–Crippen MR) is 32.5 cm³/mol. The molecule has 1 aliphatic rings. The van der Waals surface area contributed by atoms with Crippen LogP contribution in [0.5, 0.6) is 0 Å². The van der Waals surface area contributed by atoms with Gasteiger partial charge in [-0.3, -0.25) is 4.79 Å². The lowest BCUT2D eigenvalue weighted by Gasteiger charge is -2.08. The zero-order valence-corrected chi connectivity index (χ0v) is 5.05. The summed E-state index contributed by atoms with van der Waals surface area (Å²) in [5.74, 6) is 0.566. The third-order valence-electron chi connectivity index (χ3n) is 1.53. The van der Waals surface area contributed by atoms with Gasteiger partial charge >= 0.3 is 0 Å². The van der Waals surface area contributed by atoms with Gasteiger partial charge in [0, 0.05) is 5.92 Å². The molecule has 0 aromatic carbocycles. The van der Waals surface area contributed by atoms with Crippen LogP contribution < -0.4 is 0 Å². The second-order valence-corrected chi connectivity index (χ2v) is 2.28. The zero-order chi connectivity index (χ0) is 5.98. The minimum atomic E-state index is 0.278. The lowest BCUT2D eigenvalue weighted by molar-refractivity contribution is -0.118. The summed E-state index contributed by atoms with van der Waals surface area (Å²) in [7, 11) is 0. The fraction of sp³-hybridized carbons (Fsp3) is 0.571. The van der Waals surface area contributed by atoms with Gasteiger partial charge in [-0.2, -0.15) is 0 Å². The van der Waals surface area contributed by atoms with Crippen LogP contribution in [0.15, 0.2) is 12.2 Å². The van der Waals surface area contributed by atoms with Crippen molar-refractivity contribution in [1.29, 1.82) is 0 Å². The van der Waals surface area contributed by atoms with Crippen LogP contribution in [0.1, 0.15) is 19.8 Å². The molecule has 0 aliphatic heterocycles. The second kappa shape index (κ2) is 2.12. The molecule has 0 amide bonds. The van der Waals surface area contributed by atoms with Crippen molar-refractivity contribution in [3.8, 4) is 0 Å². The SMILES string of the molecule is C[C@H]1CCC=CC1=O. The molecule has 0 heterocycles. The van der Waals surface area contributed by atoms with Gasteiger partial charge < -0.3 is 0 Å². The number of carbonyl (C=O) groups excluding carboxylic acids is 1. The van der Waals surface area contributed by atoms with E-state index in [0.717, 1.165) is 12.8 Å². The molecule has 0 saturated carbocycles. The van der Waals surface area contributed by atoms with Crippen molar-refractivity contribution >= 4 is 5.78 Å². The Balaban J connectivity index is 2.60. The van der Waals surface area contributed by atoms with Crippen molar-refractivity contribution in [2.45, 2.75) is 19.8 Å². The van der Waals surface area contributed by atoms with Crippen molar-refractivity contribution in [3.05, 3.63) is 12.2 Å². The first-order valence-electron chi connectivity index (χ1n) is 3.01. The van der Waals surface area contributed by atoms with Gasteiger partial charge in [-0.1, -0.05) is 13.0 Å². The smallest absolute Gasteiger partial charge is 0.158 e. The molecule has 0 fully saturated rings. The molecule has 0 aromatic heterocycles. The van der Waals surface area contributed by atoms with Gasteiger partial charge in [0.05, 0.1) is 0 Å². The van der Waals surface area contributed by atoms with E-state index in [1.807, 2.05) is 13.0 Å². The summed E-state index contributed by atoms with van der Waals surface area (Å²) in [6.45, 7) is 1.98. The van der Waals surface area contributed by atoms with Crippen LogP contribution in [0.4, 0.5) is 0 Å². The Hall–Kier alpha value is -0.590. The van der Waals surface area contributed by atoms with Crippen LogP contribution in [-0.4, -0.2) is 5.78 Å². The standard InChI is InChI=1S/C7H10O/c1-6-4-2-3-5-7(6)8/h3,5-6H,2,4H2,1H3/t6-/m0/s1. The molecule has 44 valence electrons. The second-order valence-electron chi connectivity index (χ2n) is 2.28. The fourth-order valence-electron chi connectivity index (χ4n) is 0.852. The highest BCUT2D eigenvalue weighted by atomic mass is 16.1. The van der Waals surface area contributed by atoms with Gasteiger partial charge in [-0.15, -0.1) is 0 Å². The van der Waals surface area contributed by atoms with Crippen LogP contribution in [0.3, 0.4) is 0 Å². The van der Waals surface area contributed by atoms with Crippen molar-refractivity contribution < 1.29 is 4.79 Å². The summed E-state index contributed by atoms with van der Waals surface area (Å²) < 4.78 is 0. The molecule has 8 heavy (non-hydrogen) atoms. The van der Waals surface area contributed by atoms with E-state index in [9.17, 15) is 4.79 Å². The van der Waals surface area contributed by atoms with Crippen molar-refractivity contribution in [1.82, 2.24) is 0 Å². The third kappa shape index (κ3) is 0.971. The zero-order valence-electron chi connectivity index (χ0n) is 5.05. The van der Waals surface area contributed by atoms with E-state index in [1.165, 1.54) is 0 Å². The molecule has 1 atom stereocenters. The summed E-state index contributed by atoms with van der Waals surface area (Å²) in [5.41, 5.74) is 0. The van der Waals surface area contributed by atoms with E-state index in [4.69, 9.17) is 0 Å². The van der Waals surface area contributed by atoms with E-state index in [0.29, 0.717) is 0 Å². The maximum absolute atomic E-state index is 10.7. The predicted octanol–water partition coefficient (Wildman–Crippen LogP) is 1.54. The molecule has 0 spiro atoms. The summed E-state index contributed by atoms with van der Waals surface area (Å²) >= 11 is 0. The van der Waals surface area contributed by atoms with Crippen molar-refractivity contribution in [2.75, 3.05) is 0 Å². The van der Waals surface area contributed by atoms with Crippen LogP contribution in [0, 0.1) is 5.92 Å².